The van der Waals surface area contributed by atoms with E-state index in [-0.39, 0.29) is 5.91 Å². The normalized spacial score (nSPS) is 37.0. The van der Waals surface area contributed by atoms with E-state index in [1.54, 1.807) is 0 Å². The first-order valence-corrected chi connectivity index (χ1v) is 6.50. The highest BCUT2D eigenvalue weighted by atomic mass is 16.3. The summed E-state index contributed by atoms with van der Waals surface area (Å²) in [5.41, 5.74) is 0. The van der Waals surface area contributed by atoms with Crippen LogP contribution < -0.4 is 5.32 Å². The van der Waals surface area contributed by atoms with Crippen molar-refractivity contribution in [2.75, 3.05) is 6.61 Å². The molecule has 0 bridgehead atoms. The van der Waals surface area contributed by atoms with Gasteiger partial charge in [0.25, 0.3) is 0 Å². The maximum atomic E-state index is 11.6. The van der Waals surface area contributed by atoms with Crippen LogP contribution in [0.1, 0.15) is 39.5 Å². The molecule has 2 rings (SSSR count). The standard InChI is InChI=1S/C13H23NO2/c1-8(2)3-13(16)14-12-6-10-4-9(7-15)5-11(10)12/h8-12,15H,3-7H2,1-2H3,(H,14,16). The van der Waals surface area contributed by atoms with Crippen molar-refractivity contribution in [1.82, 2.24) is 5.32 Å². The Bertz CT molecular complexity index is 265. The van der Waals surface area contributed by atoms with Crippen molar-refractivity contribution >= 4 is 5.91 Å². The van der Waals surface area contributed by atoms with Crippen LogP contribution in [0.4, 0.5) is 0 Å². The summed E-state index contributed by atoms with van der Waals surface area (Å²) in [7, 11) is 0. The summed E-state index contributed by atoms with van der Waals surface area (Å²) >= 11 is 0. The van der Waals surface area contributed by atoms with E-state index in [0.29, 0.717) is 36.8 Å². The number of amides is 1. The molecule has 0 aromatic heterocycles. The number of nitrogens with one attached hydrogen (secondary N) is 1. The lowest BCUT2D eigenvalue weighted by atomic mass is 9.71. The number of carbonyl (C=O) groups is 1. The van der Waals surface area contributed by atoms with Gasteiger partial charge in [-0.15, -0.1) is 0 Å². The fourth-order valence-electron chi connectivity index (χ4n) is 3.30. The summed E-state index contributed by atoms with van der Waals surface area (Å²) in [4.78, 5) is 11.6. The molecule has 92 valence electrons. The highest BCUT2D eigenvalue weighted by Crippen LogP contribution is 2.49. The van der Waals surface area contributed by atoms with Crippen LogP contribution in [-0.4, -0.2) is 23.7 Å². The zero-order valence-corrected chi connectivity index (χ0v) is 10.3. The average molecular weight is 225 g/mol. The maximum absolute atomic E-state index is 11.6. The smallest absolute Gasteiger partial charge is 0.220 e. The minimum absolute atomic E-state index is 0.200. The van der Waals surface area contributed by atoms with E-state index in [0.717, 1.165) is 25.2 Å². The molecule has 0 radical (unpaired) electrons. The van der Waals surface area contributed by atoms with E-state index in [2.05, 4.69) is 19.2 Å². The molecule has 16 heavy (non-hydrogen) atoms. The van der Waals surface area contributed by atoms with Crippen LogP contribution in [-0.2, 0) is 4.79 Å². The predicted molar refractivity (Wildman–Crippen MR) is 62.8 cm³/mol. The van der Waals surface area contributed by atoms with Crippen LogP contribution in [0, 0.1) is 23.7 Å². The van der Waals surface area contributed by atoms with Crippen molar-refractivity contribution in [3.8, 4) is 0 Å². The number of hydrogen-bond acceptors (Lipinski definition) is 2. The van der Waals surface area contributed by atoms with Gasteiger partial charge in [-0.25, -0.2) is 0 Å². The van der Waals surface area contributed by atoms with Gasteiger partial charge < -0.3 is 10.4 Å². The second kappa shape index (κ2) is 4.74. The van der Waals surface area contributed by atoms with Gasteiger partial charge in [-0.2, -0.15) is 0 Å². The van der Waals surface area contributed by atoms with Crippen molar-refractivity contribution < 1.29 is 9.90 Å². The number of hydrogen-bond donors (Lipinski definition) is 2. The van der Waals surface area contributed by atoms with Crippen molar-refractivity contribution in [2.24, 2.45) is 23.7 Å². The third-order valence-corrected chi connectivity index (χ3v) is 4.12. The van der Waals surface area contributed by atoms with Gasteiger partial charge in [-0.1, -0.05) is 13.8 Å². The third-order valence-electron chi connectivity index (χ3n) is 4.12. The predicted octanol–water partition coefficient (Wildman–Crippen LogP) is 1.56. The van der Waals surface area contributed by atoms with E-state index in [1.807, 2.05) is 0 Å². The van der Waals surface area contributed by atoms with E-state index in [1.165, 1.54) is 0 Å². The lowest BCUT2D eigenvalue weighted by Gasteiger charge is -2.41. The largest absolute Gasteiger partial charge is 0.396 e. The Hall–Kier alpha value is -0.570. The molecule has 4 unspecified atom stereocenters. The van der Waals surface area contributed by atoms with Crippen LogP contribution in [0.25, 0.3) is 0 Å². The highest BCUT2D eigenvalue weighted by molar-refractivity contribution is 5.76. The third kappa shape index (κ3) is 2.40. The van der Waals surface area contributed by atoms with E-state index >= 15 is 0 Å². The number of fused-ring (bicyclic) bond motifs is 1. The van der Waals surface area contributed by atoms with E-state index in [9.17, 15) is 4.79 Å². The zero-order valence-electron chi connectivity index (χ0n) is 10.3. The van der Waals surface area contributed by atoms with Crippen molar-refractivity contribution in [3.05, 3.63) is 0 Å². The Morgan fingerprint density at radius 2 is 2.12 bits per heavy atom. The molecule has 0 aromatic rings. The van der Waals surface area contributed by atoms with Gasteiger partial charge in [0.15, 0.2) is 0 Å². The first kappa shape index (κ1) is 11.9. The number of rotatable bonds is 4. The summed E-state index contributed by atoms with van der Waals surface area (Å²) in [6.07, 6.45) is 4.04. The van der Waals surface area contributed by atoms with Gasteiger partial charge in [-0.05, 0) is 42.9 Å². The number of carbonyl (C=O) groups excluding carboxylic acids is 1. The van der Waals surface area contributed by atoms with Gasteiger partial charge in [0.1, 0.15) is 0 Å². The van der Waals surface area contributed by atoms with Gasteiger partial charge >= 0.3 is 0 Å². The lowest BCUT2D eigenvalue weighted by Crippen LogP contribution is -2.50. The van der Waals surface area contributed by atoms with Gasteiger partial charge in [0.05, 0.1) is 0 Å². The summed E-state index contributed by atoms with van der Waals surface area (Å²) in [6.45, 7) is 4.46. The van der Waals surface area contributed by atoms with Crippen LogP contribution in [0.2, 0.25) is 0 Å². The quantitative estimate of drug-likeness (QED) is 0.762. The van der Waals surface area contributed by atoms with E-state index in [4.69, 9.17) is 5.11 Å². The molecule has 2 aliphatic carbocycles. The van der Waals surface area contributed by atoms with Gasteiger partial charge in [-0.3, -0.25) is 4.79 Å². The Balaban J connectivity index is 1.76. The lowest BCUT2D eigenvalue weighted by molar-refractivity contribution is -0.124. The summed E-state index contributed by atoms with van der Waals surface area (Å²) < 4.78 is 0. The molecular weight excluding hydrogens is 202 g/mol. The Morgan fingerprint density at radius 3 is 2.75 bits per heavy atom. The molecule has 1 amide bonds. The minimum atomic E-state index is 0.200. The average Bonchev–Trinajstić information content (AvgIpc) is 2.51. The second-order valence-electron chi connectivity index (χ2n) is 5.95. The molecule has 0 saturated heterocycles. The highest BCUT2D eigenvalue weighted by Gasteiger charge is 2.47. The Kier molecular flexibility index (Phi) is 3.53. The molecule has 0 heterocycles. The second-order valence-corrected chi connectivity index (χ2v) is 5.95. The Labute approximate surface area is 97.6 Å². The monoisotopic (exact) mass is 225 g/mol. The molecule has 2 aliphatic rings. The molecule has 0 aliphatic heterocycles. The number of aliphatic hydroxyl groups excluding tert-OH is 1. The van der Waals surface area contributed by atoms with Crippen LogP contribution in [0.5, 0.6) is 0 Å². The van der Waals surface area contributed by atoms with Gasteiger partial charge in [0, 0.05) is 19.1 Å². The van der Waals surface area contributed by atoms with Crippen molar-refractivity contribution in [1.29, 1.82) is 0 Å². The summed E-state index contributed by atoms with van der Waals surface area (Å²) in [6, 6.07) is 0.396. The van der Waals surface area contributed by atoms with Crippen LogP contribution >= 0.6 is 0 Å². The van der Waals surface area contributed by atoms with Crippen LogP contribution in [0.3, 0.4) is 0 Å². The van der Waals surface area contributed by atoms with Crippen LogP contribution in [0.15, 0.2) is 0 Å². The first-order valence-electron chi connectivity index (χ1n) is 6.50. The summed E-state index contributed by atoms with van der Waals surface area (Å²) in [5.74, 6) is 2.53. The number of aliphatic hydroxyl groups is 1. The molecule has 3 nitrogen and oxygen atoms in total. The SMILES string of the molecule is CC(C)CC(=O)NC1CC2CC(CO)CC21. The molecule has 0 spiro atoms. The van der Waals surface area contributed by atoms with Crippen molar-refractivity contribution in [2.45, 2.75) is 45.6 Å². The molecule has 2 N–H and O–H groups in total. The fourth-order valence-corrected chi connectivity index (χ4v) is 3.30. The maximum Gasteiger partial charge on any atom is 0.220 e. The molecule has 3 heteroatoms. The molecular formula is C13H23NO2. The topological polar surface area (TPSA) is 49.3 Å². The minimum Gasteiger partial charge on any atom is -0.396 e. The fraction of sp³-hybridized carbons (Fsp3) is 0.923. The van der Waals surface area contributed by atoms with Gasteiger partial charge in [0.2, 0.25) is 5.91 Å². The Morgan fingerprint density at radius 1 is 1.38 bits per heavy atom. The van der Waals surface area contributed by atoms with E-state index < -0.39 is 0 Å². The van der Waals surface area contributed by atoms with Crippen molar-refractivity contribution in [3.63, 3.8) is 0 Å². The molecule has 4 atom stereocenters. The molecule has 2 saturated carbocycles. The summed E-state index contributed by atoms with van der Waals surface area (Å²) in [5, 5.41) is 12.3. The first-order chi connectivity index (χ1) is 7.60. The molecule has 2 fully saturated rings. The zero-order chi connectivity index (χ0) is 11.7. The molecule has 0 aromatic carbocycles.